The van der Waals surface area contributed by atoms with Gasteiger partial charge >= 0.3 is 0 Å². The maximum atomic E-state index is 12.2. The monoisotopic (exact) mass is 330 g/mol. The molecule has 0 saturated heterocycles. The zero-order chi connectivity index (χ0) is 13.2. The Morgan fingerprint density at radius 3 is 2.56 bits per heavy atom. The molecule has 2 aromatic rings. The molecule has 8 heteroatoms. The van der Waals surface area contributed by atoms with Crippen LogP contribution in [0.1, 0.15) is 5.82 Å². The molecular formula is C10H11BrN4O2S. The van der Waals surface area contributed by atoms with Crippen LogP contribution in [0.2, 0.25) is 0 Å². The van der Waals surface area contributed by atoms with Crippen LogP contribution in [0.25, 0.3) is 0 Å². The minimum absolute atomic E-state index is 0.151. The fraction of sp³-hybridized carbons (Fsp3) is 0.200. The standard InChI is InChI=1S/C10H11BrN4O2S/c1-15(6-10-12-7-13-14-10)18(16,17)9-4-2-8(11)3-5-9/h2-5,7H,6H2,1H3,(H,12,13,14). The largest absolute Gasteiger partial charge is 0.262 e. The number of halogens is 1. The summed E-state index contributed by atoms with van der Waals surface area (Å²) in [7, 11) is -2.01. The second-order valence-electron chi connectivity index (χ2n) is 3.65. The molecule has 2 rings (SSSR count). The van der Waals surface area contributed by atoms with Crippen LogP contribution in [-0.2, 0) is 16.6 Å². The zero-order valence-corrected chi connectivity index (χ0v) is 11.9. The number of H-pyrrole nitrogens is 1. The first-order valence-corrected chi connectivity index (χ1v) is 7.29. The molecule has 6 nitrogen and oxygen atoms in total. The van der Waals surface area contributed by atoms with Crippen LogP contribution in [0.5, 0.6) is 0 Å². The van der Waals surface area contributed by atoms with Gasteiger partial charge in [0.05, 0.1) is 11.4 Å². The number of benzene rings is 1. The van der Waals surface area contributed by atoms with Gasteiger partial charge in [0.2, 0.25) is 10.0 Å². The van der Waals surface area contributed by atoms with E-state index in [-0.39, 0.29) is 11.4 Å². The molecule has 0 bridgehead atoms. The lowest BCUT2D eigenvalue weighted by Gasteiger charge is -2.15. The minimum Gasteiger partial charge on any atom is -0.262 e. The number of aromatic nitrogens is 3. The molecule has 1 aromatic heterocycles. The predicted molar refractivity (Wildman–Crippen MR) is 69.2 cm³/mol. The second kappa shape index (κ2) is 5.17. The molecule has 96 valence electrons. The second-order valence-corrected chi connectivity index (χ2v) is 6.61. The van der Waals surface area contributed by atoms with Crippen LogP contribution in [0.3, 0.4) is 0 Å². The first-order valence-electron chi connectivity index (χ1n) is 5.06. The summed E-state index contributed by atoms with van der Waals surface area (Å²) in [5.41, 5.74) is 0. The summed E-state index contributed by atoms with van der Waals surface area (Å²) in [6, 6.07) is 6.48. The molecule has 1 aromatic carbocycles. The number of nitrogens with zero attached hydrogens (tertiary/aromatic N) is 3. The minimum atomic E-state index is -3.51. The molecule has 0 saturated carbocycles. The van der Waals surface area contributed by atoms with Crippen LogP contribution < -0.4 is 0 Å². The highest BCUT2D eigenvalue weighted by Gasteiger charge is 2.21. The molecule has 0 fully saturated rings. The lowest BCUT2D eigenvalue weighted by Crippen LogP contribution is -2.27. The summed E-state index contributed by atoms with van der Waals surface area (Å²) in [5, 5.41) is 6.30. The van der Waals surface area contributed by atoms with Crippen molar-refractivity contribution in [2.45, 2.75) is 11.4 Å². The summed E-state index contributed by atoms with van der Waals surface area (Å²) in [6.07, 6.45) is 1.34. The Bertz CT molecular complexity index is 610. The molecule has 1 N–H and O–H groups in total. The number of nitrogens with one attached hydrogen (secondary N) is 1. The number of hydrogen-bond donors (Lipinski definition) is 1. The van der Waals surface area contributed by atoms with Gasteiger partial charge in [0, 0.05) is 11.5 Å². The first kappa shape index (κ1) is 13.2. The zero-order valence-electron chi connectivity index (χ0n) is 9.54. The fourth-order valence-electron chi connectivity index (χ4n) is 1.39. The van der Waals surface area contributed by atoms with Gasteiger partial charge in [-0.25, -0.2) is 13.4 Å². The maximum absolute atomic E-state index is 12.2. The highest BCUT2D eigenvalue weighted by molar-refractivity contribution is 9.10. The van der Waals surface area contributed by atoms with Crippen molar-refractivity contribution < 1.29 is 8.42 Å². The van der Waals surface area contributed by atoms with Crippen LogP contribution in [0.4, 0.5) is 0 Å². The van der Waals surface area contributed by atoms with Gasteiger partial charge in [-0.05, 0) is 24.3 Å². The van der Waals surface area contributed by atoms with Crippen molar-refractivity contribution in [3.8, 4) is 0 Å². The normalized spacial score (nSPS) is 11.9. The van der Waals surface area contributed by atoms with Crippen LogP contribution >= 0.6 is 15.9 Å². The van der Waals surface area contributed by atoms with E-state index in [4.69, 9.17) is 0 Å². The summed E-state index contributed by atoms with van der Waals surface area (Å²) in [6.45, 7) is 0.151. The Hall–Kier alpha value is -1.25. The SMILES string of the molecule is CN(Cc1ncn[nH]1)S(=O)(=O)c1ccc(Br)cc1. The third kappa shape index (κ3) is 2.77. The average Bonchev–Trinajstić information content (AvgIpc) is 2.82. The van der Waals surface area contributed by atoms with Crippen molar-refractivity contribution in [1.82, 2.24) is 19.5 Å². The Balaban J connectivity index is 2.22. The van der Waals surface area contributed by atoms with E-state index in [1.165, 1.54) is 17.7 Å². The van der Waals surface area contributed by atoms with E-state index in [0.29, 0.717) is 5.82 Å². The van der Waals surface area contributed by atoms with Crippen molar-refractivity contribution in [2.75, 3.05) is 7.05 Å². The molecule has 18 heavy (non-hydrogen) atoms. The van der Waals surface area contributed by atoms with Crippen LogP contribution in [-0.4, -0.2) is 35.0 Å². The Labute approximate surface area is 113 Å². The lowest BCUT2D eigenvalue weighted by atomic mass is 10.4. The molecular weight excluding hydrogens is 320 g/mol. The van der Waals surface area contributed by atoms with E-state index in [2.05, 4.69) is 31.1 Å². The van der Waals surface area contributed by atoms with Gasteiger partial charge in [-0.3, -0.25) is 5.10 Å². The molecule has 0 radical (unpaired) electrons. The van der Waals surface area contributed by atoms with Crippen LogP contribution in [0, 0.1) is 0 Å². The molecule has 0 atom stereocenters. The summed E-state index contributed by atoms with van der Waals surface area (Å²) in [4.78, 5) is 4.14. The van der Waals surface area contributed by atoms with E-state index in [0.717, 1.165) is 4.47 Å². The maximum Gasteiger partial charge on any atom is 0.243 e. The lowest BCUT2D eigenvalue weighted by molar-refractivity contribution is 0.457. The fourth-order valence-corrected chi connectivity index (χ4v) is 2.79. The number of rotatable bonds is 4. The molecule has 0 amide bonds. The highest BCUT2D eigenvalue weighted by Crippen LogP contribution is 2.18. The van der Waals surface area contributed by atoms with Crippen molar-refractivity contribution >= 4 is 26.0 Å². The third-order valence-electron chi connectivity index (χ3n) is 2.36. The Morgan fingerprint density at radius 1 is 1.33 bits per heavy atom. The van der Waals surface area contributed by atoms with Gasteiger partial charge in [0.25, 0.3) is 0 Å². The topological polar surface area (TPSA) is 79.0 Å². The predicted octanol–water partition coefficient (Wildman–Crippen LogP) is 1.39. The van der Waals surface area contributed by atoms with Crippen molar-refractivity contribution in [1.29, 1.82) is 0 Å². The van der Waals surface area contributed by atoms with Gasteiger partial charge in [-0.1, -0.05) is 15.9 Å². The number of hydrogen-bond acceptors (Lipinski definition) is 4. The first-order chi connectivity index (χ1) is 8.50. The van der Waals surface area contributed by atoms with Crippen molar-refractivity contribution in [3.05, 3.63) is 40.9 Å². The van der Waals surface area contributed by atoms with E-state index < -0.39 is 10.0 Å². The van der Waals surface area contributed by atoms with Crippen molar-refractivity contribution in [2.24, 2.45) is 0 Å². The molecule has 0 aliphatic heterocycles. The van der Waals surface area contributed by atoms with Crippen LogP contribution in [0.15, 0.2) is 40.0 Å². The summed E-state index contributed by atoms with van der Waals surface area (Å²) in [5.74, 6) is 0.498. The molecule has 0 aliphatic carbocycles. The summed E-state index contributed by atoms with van der Waals surface area (Å²) >= 11 is 3.27. The van der Waals surface area contributed by atoms with E-state index in [1.54, 1.807) is 24.3 Å². The number of sulfonamides is 1. The average molecular weight is 331 g/mol. The van der Waals surface area contributed by atoms with Gasteiger partial charge < -0.3 is 0 Å². The van der Waals surface area contributed by atoms with Gasteiger partial charge in [-0.2, -0.15) is 9.40 Å². The van der Waals surface area contributed by atoms with Gasteiger partial charge in [0.1, 0.15) is 12.2 Å². The van der Waals surface area contributed by atoms with Crippen molar-refractivity contribution in [3.63, 3.8) is 0 Å². The molecule has 0 aliphatic rings. The van der Waals surface area contributed by atoms with E-state index in [9.17, 15) is 8.42 Å². The van der Waals surface area contributed by atoms with E-state index in [1.807, 2.05) is 0 Å². The van der Waals surface area contributed by atoms with E-state index >= 15 is 0 Å². The Kier molecular flexibility index (Phi) is 3.79. The quantitative estimate of drug-likeness (QED) is 0.918. The van der Waals surface area contributed by atoms with Gasteiger partial charge in [0.15, 0.2) is 0 Å². The van der Waals surface area contributed by atoms with Gasteiger partial charge in [-0.15, -0.1) is 0 Å². The highest BCUT2D eigenvalue weighted by atomic mass is 79.9. The third-order valence-corrected chi connectivity index (χ3v) is 4.71. The molecule has 1 heterocycles. The molecule has 0 unspecified atom stereocenters. The summed E-state index contributed by atoms with van der Waals surface area (Å²) < 4.78 is 26.5. The smallest absolute Gasteiger partial charge is 0.243 e. The number of aromatic amines is 1. The Morgan fingerprint density at radius 2 is 2.00 bits per heavy atom. The molecule has 0 spiro atoms.